The van der Waals surface area contributed by atoms with Crippen LogP contribution in [0.15, 0.2) is 77.4 Å². The van der Waals surface area contributed by atoms with Gasteiger partial charge in [-0.2, -0.15) is 0 Å². The van der Waals surface area contributed by atoms with E-state index >= 15 is 0 Å². The summed E-state index contributed by atoms with van der Waals surface area (Å²) in [6, 6.07) is 20.4. The molecular weight excluding hydrogens is 338 g/mol. The first-order chi connectivity index (χ1) is 12.2. The smallest absolute Gasteiger partial charge is 0.261 e. The normalized spacial score (nSPS) is 10.4. The van der Waals surface area contributed by atoms with Gasteiger partial charge in [-0.3, -0.25) is 4.79 Å². The first-order valence-electron chi connectivity index (χ1n) is 7.94. The Kier molecular flexibility index (Phi) is 5.75. The van der Waals surface area contributed by atoms with Gasteiger partial charge >= 0.3 is 0 Å². The molecule has 0 fully saturated rings. The number of carbonyl (C=O) groups is 1. The van der Waals surface area contributed by atoms with Crippen LogP contribution in [0.2, 0.25) is 5.02 Å². The van der Waals surface area contributed by atoms with E-state index < -0.39 is 0 Å². The summed E-state index contributed by atoms with van der Waals surface area (Å²) in [6.45, 7) is 0.696. The van der Waals surface area contributed by atoms with Crippen molar-refractivity contribution in [3.05, 3.63) is 89.3 Å². The fourth-order valence-electron chi connectivity index (χ4n) is 2.41. The van der Waals surface area contributed by atoms with Gasteiger partial charge in [0, 0.05) is 11.6 Å². The second kappa shape index (κ2) is 8.40. The molecule has 0 aliphatic carbocycles. The number of halogens is 1. The molecule has 0 aliphatic rings. The molecule has 1 heterocycles. The van der Waals surface area contributed by atoms with E-state index in [1.165, 1.54) is 0 Å². The summed E-state index contributed by atoms with van der Waals surface area (Å²) >= 11 is 6.24. The number of benzene rings is 2. The molecule has 0 bridgehead atoms. The molecule has 0 saturated heterocycles. The molecule has 0 atom stereocenters. The minimum Gasteiger partial charge on any atom is -0.484 e. The van der Waals surface area contributed by atoms with Gasteiger partial charge in [0.15, 0.2) is 6.61 Å². The highest BCUT2D eigenvalue weighted by molar-refractivity contribution is 6.31. The number of carbonyl (C=O) groups excluding carboxylic acids is 1. The minimum absolute atomic E-state index is 0.0465. The Hall–Kier alpha value is -2.72. The van der Waals surface area contributed by atoms with Crippen molar-refractivity contribution in [3.63, 3.8) is 0 Å². The van der Waals surface area contributed by atoms with E-state index in [2.05, 4.69) is 0 Å². The lowest BCUT2D eigenvalue weighted by Crippen LogP contribution is -2.34. The number of furan rings is 1. The topological polar surface area (TPSA) is 42.7 Å². The first kappa shape index (κ1) is 17.1. The van der Waals surface area contributed by atoms with Crippen LogP contribution in [0.25, 0.3) is 0 Å². The largest absolute Gasteiger partial charge is 0.484 e. The predicted octanol–water partition coefficient (Wildman–Crippen LogP) is 4.54. The molecule has 0 spiro atoms. The molecule has 3 rings (SSSR count). The first-order valence-corrected chi connectivity index (χ1v) is 8.31. The zero-order valence-electron chi connectivity index (χ0n) is 13.6. The maximum atomic E-state index is 12.7. The van der Waals surface area contributed by atoms with Gasteiger partial charge in [0.25, 0.3) is 5.91 Å². The third-order valence-corrected chi connectivity index (χ3v) is 4.07. The van der Waals surface area contributed by atoms with Crippen molar-refractivity contribution in [2.75, 3.05) is 6.61 Å². The van der Waals surface area contributed by atoms with Crippen LogP contribution >= 0.6 is 11.6 Å². The predicted molar refractivity (Wildman–Crippen MR) is 96.4 cm³/mol. The zero-order chi connectivity index (χ0) is 17.5. The molecule has 25 heavy (non-hydrogen) atoms. The van der Waals surface area contributed by atoms with Gasteiger partial charge in [-0.25, -0.2) is 0 Å². The van der Waals surface area contributed by atoms with Gasteiger partial charge in [0.1, 0.15) is 11.5 Å². The second-order valence-electron chi connectivity index (χ2n) is 5.52. The van der Waals surface area contributed by atoms with Crippen molar-refractivity contribution in [2.24, 2.45) is 0 Å². The Morgan fingerprint density at radius 2 is 1.72 bits per heavy atom. The van der Waals surface area contributed by atoms with E-state index in [0.29, 0.717) is 29.6 Å². The zero-order valence-corrected chi connectivity index (χ0v) is 14.4. The van der Waals surface area contributed by atoms with Crippen molar-refractivity contribution in [2.45, 2.75) is 13.1 Å². The van der Waals surface area contributed by atoms with E-state index in [4.69, 9.17) is 20.8 Å². The van der Waals surface area contributed by atoms with Crippen LogP contribution in [0.4, 0.5) is 0 Å². The van der Waals surface area contributed by atoms with E-state index in [-0.39, 0.29) is 12.5 Å². The number of amides is 1. The highest BCUT2D eigenvalue weighted by atomic mass is 35.5. The van der Waals surface area contributed by atoms with Crippen molar-refractivity contribution in [1.29, 1.82) is 0 Å². The van der Waals surface area contributed by atoms with E-state index in [1.54, 1.807) is 17.2 Å². The summed E-state index contributed by atoms with van der Waals surface area (Å²) in [5, 5.41) is 0.628. The maximum absolute atomic E-state index is 12.7. The molecule has 128 valence electrons. The van der Waals surface area contributed by atoms with Crippen LogP contribution in [-0.2, 0) is 17.9 Å². The molecule has 0 radical (unpaired) electrons. The molecule has 2 aromatic carbocycles. The molecule has 5 heteroatoms. The van der Waals surface area contributed by atoms with Crippen molar-refractivity contribution >= 4 is 17.5 Å². The Balaban J connectivity index is 1.71. The lowest BCUT2D eigenvalue weighted by atomic mass is 10.2. The molecule has 0 aliphatic heterocycles. The third-order valence-electron chi connectivity index (χ3n) is 3.70. The van der Waals surface area contributed by atoms with Gasteiger partial charge in [0.05, 0.1) is 12.8 Å². The lowest BCUT2D eigenvalue weighted by Gasteiger charge is -2.22. The summed E-state index contributed by atoms with van der Waals surface area (Å²) in [6.07, 6.45) is 1.59. The number of ether oxygens (including phenoxy) is 1. The highest BCUT2D eigenvalue weighted by Gasteiger charge is 2.17. The van der Waals surface area contributed by atoms with E-state index in [9.17, 15) is 4.79 Å². The van der Waals surface area contributed by atoms with Gasteiger partial charge in [-0.05, 0) is 35.9 Å². The van der Waals surface area contributed by atoms with Gasteiger partial charge in [0.2, 0.25) is 0 Å². The van der Waals surface area contributed by atoms with Crippen molar-refractivity contribution in [1.82, 2.24) is 4.90 Å². The summed E-state index contributed by atoms with van der Waals surface area (Å²) < 4.78 is 11.0. The quantitative estimate of drug-likeness (QED) is 0.624. The number of rotatable bonds is 7. The third kappa shape index (κ3) is 4.88. The Morgan fingerprint density at radius 1 is 0.960 bits per heavy atom. The second-order valence-corrected chi connectivity index (χ2v) is 5.93. The van der Waals surface area contributed by atoms with Crippen LogP contribution in [0.1, 0.15) is 11.3 Å². The number of para-hydroxylation sites is 1. The molecule has 0 N–H and O–H groups in total. The van der Waals surface area contributed by atoms with Crippen LogP contribution in [-0.4, -0.2) is 17.4 Å². The lowest BCUT2D eigenvalue weighted by molar-refractivity contribution is -0.134. The molecule has 4 nitrogen and oxygen atoms in total. The van der Waals surface area contributed by atoms with Crippen LogP contribution in [0.3, 0.4) is 0 Å². The Morgan fingerprint density at radius 3 is 2.44 bits per heavy atom. The fraction of sp³-hybridized carbons (Fsp3) is 0.150. The number of nitrogens with zero attached hydrogens (tertiary/aromatic N) is 1. The molecule has 1 amide bonds. The van der Waals surface area contributed by atoms with Crippen molar-refractivity contribution < 1.29 is 13.9 Å². The van der Waals surface area contributed by atoms with Gasteiger partial charge in [-0.1, -0.05) is 48.0 Å². The van der Waals surface area contributed by atoms with Gasteiger partial charge in [-0.15, -0.1) is 0 Å². The highest BCUT2D eigenvalue weighted by Crippen LogP contribution is 2.19. The minimum atomic E-state index is -0.139. The standard InChI is InChI=1S/C20H18ClNO3/c21-19-11-5-4-7-16(19)13-22(14-18-10-6-12-24-18)20(23)15-25-17-8-2-1-3-9-17/h1-12H,13-15H2. The summed E-state index contributed by atoms with van der Waals surface area (Å²) in [4.78, 5) is 14.3. The van der Waals surface area contributed by atoms with Crippen molar-refractivity contribution in [3.8, 4) is 5.75 Å². The van der Waals surface area contributed by atoms with Gasteiger partial charge < -0.3 is 14.1 Å². The molecule has 3 aromatic rings. The number of hydrogen-bond acceptors (Lipinski definition) is 3. The van der Waals surface area contributed by atoms with Crippen LogP contribution < -0.4 is 4.74 Å². The average molecular weight is 356 g/mol. The average Bonchev–Trinajstić information content (AvgIpc) is 3.15. The van der Waals surface area contributed by atoms with Crippen LogP contribution in [0.5, 0.6) is 5.75 Å². The van der Waals surface area contributed by atoms with E-state index in [0.717, 1.165) is 5.56 Å². The Labute approximate surface area is 151 Å². The molecular formula is C20H18ClNO3. The van der Waals surface area contributed by atoms with E-state index in [1.807, 2.05) is 60.7 Å². The SMILES string of the molecule is O=C(COc1ccccc1)N(Cc1ccco1)Cc1ccccc1Cl. The summed E-state index contributed by atoms with van der Waals surface area (Å²) in [7, 11) is 0. The maximum Gasteiger partial charge on any atom is 0.261 e. The summed E-state index contributed by atoms with van der Waals surface area (Å²) in [5.74, 6) is 1.23. The number of hydrogen-bond donors (Lipinski definition) is 0. The molecule has 1 aromatic heterocycles. The molecule has 0 saturated carbocycles. The van der Waals surface area contributed by atoms with Crippen LogP contribution in [0, 0.1) is 0 Å². The summed E-state index contributed by atoms with van der Waals surface area (Å²) in [5.41, 5.74) is 0.879. The monoisotopic (exact) mass is 355 g/mol. The Bertz CT molecular complexity index is 803. The fourth-order valence-corrected chi connectivity index (χ4v) is 2.60. The molecule has 0 unspecified atom stereocenters.